The summed E-state index contributed by atoms with van der Waals surface area (Å²) in [4.78, 5) is 9.49. The number of fused-ring (bicyclic) bond motifs is 1. The van der Waals surface area contributed by atoms with Crippen LogP contribution in [0.25, 0.3) is 16.2 Å². The highest BCUT2D eigenvalue weighted by atomic mass is 32.1. The van der Waals surface area contributed by atoms with E-state index in [0.717, 1.165) is 39.8 Å². The molecule has 0 radical (unpaired) electrons. The van der Waals surface area contributed by atoms with E-state index in [1.165, 1.54) is 0 Å². The first-order valence-electron chi connectivity index (χ1n) is 6.22. The number of rotatable bonds is 4. The Morgan fingerprint density at radius 2 is 2.32 bits per heavy atom. The van der Waals surface area contributed by atoms with Gasteiger partial charge in [-0.3, -0.25) is 4.98 Å². The third-order valence-corrected chi connectivity index (χ3v) is 3.86. The summed E-state index contributed by atoms with van der Waals surface area (Å²) in [6.45, 7) is 2.04. The fourth-order valence-corrected chi connectivity index (χ4v) is 3.03. The maximum atomic E-state index is 9.59. The topological polar surface area (TPSA) is 63.3 Å². The fourth-order valence-electron chi connectivity index (χ4n) is 2.02. The summed E-state index contributed by atoms with van der Waals surface area (Å²) in [5.74, 6) is 0. The standard InChI is InChI=1S/C13H14N4OS/c1-2-4-11-16-17-10(8-18)12(15-13(17)19-11)9-5-3-6-14-7-9/h3,5-7,18H,2,4,8H2,1H3. The summed E-state index contributed by atoms with van der Waals surface area (Å²) in [6.07, 6.45) is 5.47. The molecule has 3 aromatic heterocycles. The van der Waals surface area contributed by atoms with Crippen molar-refractivity contribution in [1.82, 2.24) is 19.6 Å². The molecule has 98 valence electrons. The van der Waals surface area contributed by atoms with Gasteiger partial charge in [-0.2, -0.15) is 5.10 Å². The molecule has 0 fully saturated rings. The summed E-state index contributed by atoms with van der Waals surface area (Å²) in [5.41, 5.74) is 2.39. The maximum Gasteiger partial charge on any atom is 0.213 e. The van der Waals surface area contributed by atoms with Crippen LogP contribution in [-0.2, 0) is 13.0 Å². The molecular formula is C13H14N4OS. The Morgan fingerprint density at radius 1 is 1.42 bits per heavy atom. The number of aromatic nitrogens is 4. The number of hydrogen-bond donors (Lipinski definition) is 1. The van der Waals surface area contributed by atoms with E-state index in [-0.39, 0.29) is 6.61 Å². The molecule has 0 aliphatic rings. The molecule has 0 saturated heterocycles. The monoisotopic (exact) mass is 274 g/mol. The van der Waals surface area contributed by atoms with Crippen molar-refractivity contribution in [3.8, 4) is 11.3 Å². The molecule has 0 aromatic carbocycles. The van der Waals surface area contributed by atoms with E-state index in [9.17, 15) is 5.11 Å². The third kappa shape index (κ3) is 2.13. The van der Waals surface area contributed by atoms with Gasteiger partial charge in [0, 0.05) is 24.4 Å². The average molecular weight is 274 g/mol. The number of hydrogen-bond acceptors (Lipinski definition) is 5. The van der Waals surface area contributed by atoms with Gasteiger partial charge in [0.15, 0.2) is 0 Å². The Balaban J connectivity index is 2.13. The summed E-state index contributed by atoms with van der Waals surface area (Å²) in [6, 6.07) is 3.80. The van der Waals surface area contributed by atoms with Crippen LogP contribution in [0.15, 0.2) is 24.5 Å². The molecule has 0 aliphatic carbocycles. The van der Waals surface area contributed by atoms with Crippen LogP contribution in [-0.4, -0.2) is 24.7 Å². The Labute approximate surface area is 114 Å². The van der Waals surface area contributed by atoms with Gasteiger partial charge in [0.2, 0.25) is 4.96 Å². The van der Waals surface area contributed by atoms with Crippen molar-refractivity contribution in [1.29, 1.82) is 0 Å². The van der Waals surface area contributed by atoms with Crippen molar-refractivity contribution >= 4 is 16.3 Å². The summed E-state index contributed by atoms with van der Waals surface area (Å²) < 4.78 is 1.75. The highest BCUT2D eigenvalue weighted by Gasteiger charge is 2.16. The van der Waals surface area contributed by atoms with E-state index in [0.29, 0.717) is 0 Å². The van der Waals surface area contributed by atoms with E-state index >= 15 is 0 Å². The number of pyridine rings is 1. The van der Waals surface area contributed by atoms with Gasteiger partial charge in [-0.15, -0.1) is 0 Å². The lowest BCUT2D eigenvalue weighted by atomic mass is 10.2. The highest BCUT2D eigenvalue weighted by Crippen LogP contribution is 2.26. The lowest BCUT2D eigenvalue weighted by molar-refractivity contribution is 0.275. The molecular weight excluding hydrogens is 260 g/mol. The first kappa shape index (κ1) is 12.3. The van der Waals surface area contributed by atoms with Crippen LogP contribution >= 0.6 is 11.3 Å². The van der Waals surface area contributed by atoms with Crippen molar-refractivity contribution < 1.29 is 5.11 Å². The second-order valence-electron chi connectivity index (χ2n) is 4.25. The number of imidazole rings is 1. The van der Waals surface area contributed by atoms with E-state index in [1.54, 1.807) is 28.2 Å². The molecule has 0 atom stereocenters. The zero-order valence-corrected chi connectivity index (χ0v) is 11.4. The number of nitrogens with zero attached hydrogens (tertiary/aromatic N) is 4. The molecule has 0 amide bonds. The van der Waals surface area contributed by atoms with Crippen LogP contribution in [0.2, 0.25) is 0 Å². The second kappa shape index (κ2) is 5.07. The average Bonchev–Trinajstić information content (AvgIpc) is 2.96. The van der Waals surface area contributed by atoms with Gasteiger partial charge < -0.3 is 5.11 Å². The Kier molecular flexibility index (Phi) is 3.27. The van der Waals surface area contributed by atoms with E-state index in [2.05, 4.69) is 22.0 Å². The largest absolute Gasteiger partial charge is 0.390 e. The quantitative estimate of drug-likeness (QED) is 0.793. The molecule has 3 heterocycles. The number of aliphatic hydroxyl groups excluding tert-OH is 1. The molecule has 19 heavy (non-hydrogen) atoms. The third-order valence-electron chi connectivity index (χ3n) is 2.89. The molecule has 0 saturated carbocycles. The first-order valence-corrected chi connectivity index (χ1v) is 7.03. The Morgan fingerprint density at radius 3 is 3.00 bits per heavy atom. The van der Waals surface area contributed by atoms with Gasteiger partial charge in [0.25, 0.3) is 0 Å². The van der Waals surface area contributed by atoms with Crippen LogP contribution < -0.4 is 0 Å². The molecule has 3 aromatic rings. The van der Waals surface area contributed by atoms with Gasteiger partial charge in [-0.25, -0.2) is 9.50 Å². The van der Waals surface area contributed by atoms with E-state index < -0.39 is 0 Å². The van der Waals surface area contributed by atoms with Crippen molar-refractivity contribution in [2.24, 2.45) is 0 Å². The highest BCUT2D eigenvalue weighted by molar-refractivity contribution is 7.16. The molecule has 0 bridgehead atoms. The van der Waals surface area contributed by atoms with Gasteiger partial charge in [-0.1, -0.05) is 18.3 Å². The molecule has 6 heteroatoms. The van der Waals surface area contributed by atoms with E-state index in [4.69, 9.17) is 0 Å². The number of aliphatic hydroxyl groups is 1. The molecule has 5 nitrogen and oxygen atoms in total. The van der Waals surface area contributed by atoms with Crippen molar-refractivity contribution in [2.45, 2.75) is 26.4 Å². The van der Waals surface area contributed by atoms with Crippen LogP contribution in [0.5, 0.6) is 0 Å². The zero-order valence-electron chi connectivity index (χ0n) is 10.6. The van der Waals surface area contributed by atoms with Crippen LogP contribution in [0, 0.1) is 0 Å². The van der Waals surface area contributed by atoms with E-state index in [1.807, 2.05) is 12.1 Å². The van der Waals surface area contributed by atoms with Gasteiger partial charge in [0.05, 0.1) is 18.0 Å². The fraction of sp³-hybridized carbons (Fsp3) is 0.308. The number of aryl methyl sites for hydroxylation is 1. The summed E-state index contributed by atoms with van der Waals surface area (Å²) in [7, 11) is 0. The predicted octanol–water partition coefficient (Wildman–Crippen LogP) is 2.30. The van der Waals surface area contributed by atoms with Crippen molar-refractivity contribution in [3.63, 3.8) is 0 Å². The van der Waals surface area contributed by atoms with Gasteiger partial charge >= 0.3 is 0 Å². The summed E-state index contributed by atoms with van der Waals surface area (Å²) in [5, 5.41) is 15.2. The Hall–Kier alpha value is -1.79. The zero-order chi connectivity index (χ0) is 13.2. The van der Waals surface area contributed by atoms with Crippen molar-refractivity contribution in [3.05, 3.63) is 35.2 Å². The smallest absolute Gasteiger partial charge is 0.213 e. The molecule has 3 rings (SSSR count). The van der Waals surface area contributed by atoms with Gasteiger partial charge in [-0.05, 0) is 18.6 Å². The van der Waals surface area contributed by atoms with Crippen LogP contribution in [0.1, 0.15) is 24.0 Å². The van der Waals surface area contributed by atoms with Crippen LogP contribution in [0.3, 0.4) is 0 Å². The predicted molar refractivity (Wildman–Crippen MR) is 74.0 cm³/mol. The molecule has 0 spiro atoms. The second-order valence-corrected chi connectivity index (χ2v) is 5.29. The van der Waals surface area contributed by atoms with Gasteiger partial charge in [0.1, 0.15) is 5.01 Å². The minimum atomic E-state index is -0.0826. The summed E-state index contributed by atoms with van der Waals surface area (Å²) >= 11 is 1.58. The molecule has 0 aliphatic heterocycles. The molecule has 1 N–H and O–H groups in total. The maximum absolute atomic E-state index is 9.59. The minimum Gasteiger partial charge on any atom is -0.390 e. The van der Waals surface area contributed by atoms with Crippen LogP contribution in [0.4, 0.5) is 0 Å². The van der Waals surface area contributed by atoms with Crippen molar-refractivity contribution in [2.75, 3.05) is 0 Å². The SMILES string of the molecule is CCCc1nn2c(CO)c(-c3cccnc3)nc2s1. The normalized spacial score (nSPS) is 11.3. The minimum absolute atomic E-state index is 0.0826. The molecule has 0 unspecified atom stereocenters. The lowest BCUT2D eigenvalue weighted by Crippen LogP contribution is -1.96. The first-order chi connectivity index (χ1) is 9.33. The Bertz CT molecular complexity index is 689. The lowest BCUT2D eigenvalue weighted by Gasteiger charge is -1.99.